The van der Waals surface area contributed by atoms with Crippen molar-refractivity contribution in [2.75, 3.05) is 19.1 Å². The minimum absolute atomic E-state index is 0.0159. The molecule has 0 unspecified atom stereocenters. The van der Waals surface area contributed by atoms with E-state index in [1.54, 1.807) is 32.1 Å². The Morgan fingerprint density at radius 2 is 1.50 bits per heavy atom. The van der Waals surface area contributed by atoms with Gasteiger partial charge < -0.3 is 14.4 Å². The second-order valence-corrected chi connectivity index (χ2v) is 5.10. The zero-order chi connectivity index (χ0) is 13.9. The van der Waals surface area contributed by atoms with Gasteiger partial charge in [0.1, 0.15) is 11.5 Å². The molecule has 0 heterocycles. The first-order valence-electron chi connectivity index (χ1n) is 5.83. The quantitative estimate of drug-likeness (QED) is 0.829. The van der Waals surface area contributed by atoms with E-state index in [4.69, 9.17) is 9.47 Å². The van der Waals surface area contributed by atoms with Crippen molar-refractivity contribution < 1.29 is 14.3 Å². The maximum Gasteiger partial charge on any atom is 0.224 e. The summed E-state index contributed by atoms with van der Waals surface area (Å²) in [6, 6.07) is 5.44. The predicted octanol–water partition coefficient (Wildman–Crippen LogP) is 2.86. The average Bonchev–Trinajstić information content (AvgIpc) is 2.26. The molecule has 0 aromatic heterocycles. The second-order valence-electron chi connectivity index (χ2n) is 5.10. The van der Waals surface area contributed by atoms with Crippen molar-refractivity contribution >= 4 is 11.6 Å². The molecule has 0 saturated carbocycles. The van der Waals surface area contributed by atoms with Crippen molar-refractivity contribution in [2.45, 2.75) is 33.2 Å². The maximum atomic E-state index is 11.8. The summed E-state index contributed by atoms with van der Waals surface area (Å²) in [4.78, 5) is 13.6. The van der Waals surface area contributed by atoms with Gasteiger partial charge in [-0.15, -0.1) is 0 Å². The van der Waals surface area contributed by atoms with E-state index in [9.17, 15) is 4.79 Å². The Morgan fingerprint density at radius 3 is 1.78 bits per heavy atom. The van der Waals surface area contributed by atoms with Crippen LogP contribution in [-0.4, -0.2) is 25.7 Å². The highest BCUT2D eigenvalue weighted by molar-refractivity contribution is 5.93. The van der Waals surface area contributed by atoms with Crippen molar-refractivity contribution in [2.24, 2.45) is 0 Å². The maximum absolute atomic E-state index is 11.8. The third kappa shape index (κ3) is 3.15. The van der Waals surface area contributed by atoms with Crippen molar-refractivity contribution in [1.29, 1.82) is 0 Å². The summed E-state index contributed by atoms with van der Waals surface area (Å²) < 4.78 is 10.4. The fraction of sp³-hybridized carbons (Fsp3) is 0.500. The lowest BCUT2D eigenvalue weighted by Gasteiger charge is -2.35. The number of benzene rings is 1. The molecule has 1 aromatic carbocycles. The highest BCUT2D eigenvalue weighted by atomic mass is 16.5. The Labute approximate surface area is 108 Å². The molecule has 100 valence electrons. The van der Waals surface area contributed by atoms with Crippen molar-refractivity contribution in [3.63, 3.8) is 0 Å². The first kappa shape index (κ1) is 14.4. The minimum Gasteiger partial charge on any atom is -0.497 e. The van der Waals surface area contributed by atoms with Crippen molar-refractivity contribution in [3.05, 3.63) is 18.2 Å². The largest absolute Gasteiger partial charge is 0.497 e. The third-order valence-electron chi connectivity index (χ3n) is 2.58. The van der Waals surface area contributed by atoms with E-state index >= 15 is 0 Å². The standard InChI is InChI=1S/C14H21NO3/c1-10(16)15(14(2,3)4)11-7-12(17-5)9-13(8-11)18-6/h7-9H,1-6H3. The molecule has 0 saturated heterocycles. The number of nitrogens with zero attached hydrogens (tertiary/aromatic N) is 1. The van der Waals surface area contributed by atoms with E-state index in [1.165, 1.54) is 0 Å². The van der Waals surface area contributed by atoms with E-state index in [2.05, 4.69) is 0 Å². The Morgan fingerprint density at radius 1 is 1.06 bits per heavy atom. The molecule has 0 spiro atoms. The molecule has 0 bridgehead atoms. The molecule has 1 amide bonds. The molecular formula is C14H21NO3. The van der Waals surface area contributed by atoms with Crippen LogP contribution in [0.25, 0.3) is 0 Å². The van der Waals surface area contributed by atoms with E-state index < -0.39 is 0 Å². The number of rotatable bonds is 3. The van der Waals surface area contributed by atoms with Crippen molar-refractivity contribution in [3.8, 4) is 11.5 Å². The van der Waals surface area contributed by atoms with Gasteiger partial charge >= 0.3 is 0 Å². The molecule has 0 aliphatic heterocycles. The molecule has 1 aromatic rings. The SMILES string of the molecule is COc1cc(OC)cc(N(C(C)=O)C(C)(C)C)c1. The van der Waals surface area contributed by atoms with Gasteiger partial charge in [0.05, 0.1) is 19.9 Å². The summed E-state index contributed by atoms with van der Waals surface area (Å²) in [5.74, 6) is 1.32. The summed E-state index contributed by atoms with van der Waals surface area (Å²) in [5.41, 5.74) is 0.467. The number of methoxy groups -OCH3 is 2. The first-order valence-corrected chi connectivity index (χ1v) is 5.83. The van der Waals surface area contributed by atoms with Gasteiger partial charge in [-0.25, -0.2) is 0 Å². The summed E-state index contributed by atoms with van der Waals surface area (Å²) in [5, 5.41) is 0. The minimum atomic E-state index is -0.302. The molecule has 4 heteroatoms. The Bertz CT molecular complexity index is 413. The van der Waals surface area contributed by atoms with Gasteiger partial charge in [0.15, 0.2) is 0 Å². The number of anilines is 1. The zero-order valence-electron chi connectivity index (χ0n) is 11.9. The van der Waals surface area contributed by atoms with E-state index in [0.717, 1.165) is 5.69 Å². The fourth-order valence-electron chi connectivity index (χ4n) is 1.96. The third-order valence-corrected chi connectivity index (χ3v) is 2.58. The van der Waals surface area contributed by atoms with E-state index in [-0.39, 0.29) is 11.4 Å². The molecule has 0 aliphatic carbocycles. The van der Waals surface area contributed by atoms with Crippen LogP contribution in [0.5, 0.6) is 11.5 Å². The van der Waals surface area contributed by atoms with Crippen LogP contribution in [0.15, 0.2) is 18.2 Å². The van der Waals surface area contributed by atoms with Gasteiger partial charge in [-0.3, -0.25) is 4.79 Å². The van der Waals surface area contributed by atoms with Crippen LogP contribution in [0.3, 0.4) is 0 Å². The number of hydrogen-bond donors (Lipinski definition) is 0. The molecule has 0 atom stereocenters. The summed E-state index contributed by atoms with van der Waals surface area (Å²) in [7, 11) is 3.18. The summed E-state index contributed by atoms with van der Waals surface area (Å²) in [6.45, 7) is 7.51. The normalized spacial score (nSPS) is 11.0. The second kappa shape index (κ2) is 5.29. The van der Waals surface area contributed by atoms with Gasteiger partial charge in [0.2, 0.25) is 5.91 Å². The van der Waals surface area contributed by atoms with Crippen molar-refractivity contribution in [1.82, 2.24) is 0 Å². The molecule has 0 N–H and O–H groups in total. The Hall–Kier alpha value is -1.71. The number of carbonyl (C=O) groups excluding carboxylic acids is 1. The van der Waals surface area contributed by atoms with Crippen LogP contribution >= 0.6 is 0 Å². The fourth-order valence-corrected chi connectivity index (χ4v) is 1.96. The zero-order valence-corrected chi connectivity index (χ0v) is 11.9. The summed E-state index contributed by atoms with van der Waals surface area (Å²) >= 11 is 0. The van der Waals surface area contributed by atoms with E-state index in [1.807, 2.05) is 32.9 Å². The summed E-state index contributed by atoms with van der Waals surface area (Å²) in [6.07, 6.45) is 0. The molecule has 0 radical (unpaired) electrons. The van der Waals surface area contributed by atoms with Crippen LogP contribution in [0, 0.1) is 0 Å². The predicted molar refractivity (Wildman–Crippen MR) is 72.5 cm³/mol. The highest BCUT2D eigenvalue weighted by Gasteiger charge is 2.26. The number of amides is 1. The molecule has 4 nitrogen and oxygen atoms in total. The lowest BCUT2D eigenvalue weighted by Crippen LogP contribution is -2.44. The monoisotopic (exact) mass is 251 g/mol. The molecule has 1 rings (SSSR count). The highest BCUT2D eigenvalue weighted by Crippen LogP contribution is 2.32. The van der Waals surface area contributed by atoms with Crippen LogP contribution in [0.4, 0.5) is 5.69 Å². The lowest BCUT2D eigenvalue weighted by molar-refractivity contribution is -0.117. The van der Waals surface area contributed by atoms with Gasteiger partial charge in [-0.2, -0.15) is 0 Å². The topological polar surface area (TPSA) is 38.8 Å². The van der Waals surface area contributed by atoms with Crippen LogP contribution < -0.4 is 14.4 Å². The van der Waals surface area contributed by atoms with Gasteiger partial charge in [0.25, 0.3) is 0 Å². The molecule has 18 heavy (non-hydrogen) atoms. The Kier molecular flexibility index (Phi) is 4.22. The van der Waals surface area contributed by atoms with Gasteiger partial charge in [0, 0.05) is 30.7 Å². The van der Waals surface area contributed by atoms with Gasteiger partial charge in [-0.05, 0) is 20.8 Å². The number of carbonyl (C=O) groups is 1. The van der Waals surface area contributed by atoms with Crippen LogP contribution in [0.2, 0.25) is 0 Å². The first-order chi connectivity index (χ1) is 8.29. The molecular weight excluding hydrogens is 230 g/mol. The number of ether oxygens (including phenoxy) is 2. The number of hydrogen-bond acceptors (Lipinski definition) is 3. The molecule has 0 fully saturated rings. The Balaban J connectivity index is 3.32. The average molecular weight is 251 g/mol. The lowest BCUT2D eigenvalue weighted by atomic mass is 10.0. The van der Waals surface area contributed by atoms with E-state index in [0.29, 0.717) is 11.5 Å². The van der Waals surface area contributed by atoms with Gasteiger partial charge in [-0.1, -0.05) is 0 Å². The molecule has 0 aliphatic rings. The van der Waals surface area contributed by atoms with Crippen LogP contribution in [0.1, 0.15) is 27.7 Å². The van der Waals surface area contributed by atoms with Crippen LogP contribution in [-0.2, 0) is 4.79 Å². The smallest absolute Gasteiger partial charge is 0.224 e.